The first-order valence-electron chi connectivity index (χ1n) is 5.52. The van der Waals surface area contributed by atoms with E-state index in [1.165, 1.54) is 0 Å². The number of carbonyl (C=O) groups is 1. The van der Waals surface area contributed by atoms with Crippen LogP contribution in [0, 0.1) is 0 Å². The first kappa shape index (κ1) is 10.5. The van der Waals surface area contributed by atoms with Gasteiger partial charge in [-0.2, -0.15) is 0 Å². The molecule has 0 unspecified atom stereocenters. The molecule has 88 valence electrons. The maximum absolute atomic E-state index is 11.9. The van der Waals surface area contributed by atoms with E-state index in [0.29, 0.717) is 11.3 Å². The van der Waals surface area contributed by atoms with Crippen molar-refractivity contribution in [2.24, 2.45) is 0 Å². The second kappa shape index (κ2) is 4.33. The zero-order chi connectivity index (χ0) is 12.4. The van der Waals surface area contributed by atoms with Crippen molar-refractivity contribution in [3.8, 4) is 5.75 Å². The van der Waals surface area contributed by atoms with Crippen molar-refractivity contribution < 1.29 is 9.53 Å². The third-order valence-electron chi connectivity index (χ3n) is 2.65. The largest absolute Gasteiger partial charge is 0.423 e. The number of rotatable bonds is 2. The van der Waals surface area contributed by atoms with Gasteiger partial charge in [0.15, 0.2) is 0 Å². The number of hydrogen-bond donors (Lipinski definition) is 1. The van der Waals surface area contributed by atoms with E-state index in [-0.39, 0.29) is 5.97 Å². The summed E-state index contributed by atoms with van der Waals surface area (Å²) in [7, 11) is 0. The molecule has 18 heavy (non-hydrogen) atoms. The Morgan fingerprint density at radius 2 is 1.94 bits per heavy atom. The highest BCUT2D eigenvalue weighted by Gasteiger charge is 2.09. The number of carbonyl (C=O) groups excluding carboxylic acids is 1. The molecule has 0 spiro atoms. The Morgan fingerprint density at radius 3 is 2.78 bits per heavy atom. The summed E-state index contributed by atoms with van der Waals surface area (Å²) in [5, 5.41) is 0.985. The van der Waals surface area contributed by atoms with Gasteiger partial charge < -0.3 is 9.72 Å². The van der Waals surface area contributed by atoms with Crippen LogP contribution >= 0.6 is 0 Å². The van der Waals surface area contributed by atoms with E-state index in [0.717, 1.165) is 10.9 Å². The highest BCUT2D eigenvalue weighted by Crippen LogP contribution is 2.16. The number of nitrogens with zero attached hydrogens (tertiary/aromatic N) is 1. The number of aromatic amines is 1. The normalized spacial score (nSPS) is 10.4. The molecule has 0 saturated heterocycles. The van der Waals surface area contributed by atoms with Gasteiger partial charge in [-0.1, -0.05) is 0 Å². The molecular weight excluding hydrogens is 228 g/mol. The number of ether oxygens (including phenoxy) is 1. The third-order valence-corrected chi connectivity index (χ3v) is 2.65. The molecular formula is C14H10N2O2. The van der Waals surface area contributed by atoms with E-state index >= 15 is 0 Å². The topological polar surface area (TPSA) is 55.0 Å². The summed E-state index contributed by atoms with van der Waals surface area (Å²) >= 11 is 0. The SMILES string of the molecule is O=C(Oc1ccncc1)c1ccc2[nH]ccc2c1. The number of esters is 1. The fourth-order valence-corrected chi connectivity index (χ4v) is 1.75. The molecule has 0 aliphatic rings. The van der Waals surface area contributed by atoms with Crippen molar-refractivity contribution >= 4 is 16.9 Å². The molecule has 3 aromatic rings. The first-order valence-corrected chi connectivity index (χ1v) is 5.52. The molecule has 0 radical (unpaired) electrons. The minimum atomic E-state index is -0.371. The third kappa shape index (κ3) is 1.96. The zero-order valence-electron chi connectivity index (χ0n) is 9.46. The molecule has 0 bridgehead atoms. The fourth-order valence-electron chi connectivity index (χ4n) is 1.75. The molecule has 2 heterocycles. The lowest BCUT2D eigenvalue weighted by Crippen LogP contribution is -2.08. The molecule has 4 heteroatoms. The number of aromatic nitrogens is 2. The highest BCUT2D eigenvalue weighted by atomic mass is 16.5. The summed E-state index contributed by atoms with van der Waals surface area (Å²) in [5.74, 6) is 0.119. The fraction of sp³-hybridized carbons (Fsp3) is 0. The zero-order valence-corrected chi connectivity index (χ0v) is 9.46. The maximum atomic E-state index is 11.9. The second-order valence-corrected chi connectivity index (χ2v) is 3.85. The van der Waals surface area contributed by atoms with Crippen LogP contribution in [0.3, 0.4) is 0 Å². The van der Waals surface area contributed by atoms with Crippen molar-refractivity contribution in [3.05, 3.63) is 60.6 Å². The Balaban J connectivity index is 1.87. The predicted molar refractivity (Wildman–Crippen MR) is 67.5 cm³/mol. The molecule has 0 fully saturated rings. The number of fused-ring (bicyclic) bond motifs is 1. The van der Waals surface area contributed by atoms with Gasteiger partial charge in [0, 0.05) is 29.5 Å². The second-order valence-electron chi connectivity index (χ2n) is 3.85. The Labute approximate surface area is 103 Å². The number of benzene rings is 1. The lowest BCUT2D eigenvalue weighted by molar-refractivity contribution is 0.0735. The summed E-state index contributed by atoms with van der Waals surface area (Å²) in [6.07, 6.45) is 5.00. The van der Waals surface area contributed by atoms with Crippen molar-refractivity contribution in [2.75, 3.05) is 0 Å². The molecule has 4 nitrogen and oxygen atoms in total. The van der Waals surface area contributed by atoms with Gasteiger partial charge in [-0.05, 0) is 36.4 Å². The monoisotopic (exact) mass is 238 g/mol. The van der Waals surface area contributed by atoms with Crippen LogP contribution in [0.2, 0.25) is 0 Å². The van der Waals surface area contributed by atoms with Gasteiger partial charge in [0.1, 0.15) is 5.75 Å². The lowest BCUT2D eigenvalue weighted by atomic mass is 10.1. The van der Waals surface area contributed by atoms with E-state index in [9.17, 15) is 4.79 Å². The smallest absolute Gasteiger partial charge is 0.343 e. The molecule has 0 aliphatic carbocycles. The van der Waals surface area contributed by atoms with Crippen LogP contribution < -0.4 is 4.74 Å². The number of hydrogen-bond acceptors (Lipinski definition) is 3. The van der Waals surface area contributed by atoms with Crippen LogP contribution in [-0.2, 0) is 0 Å². The Morgan fingerprint density at radius 1 is 1.11 bits per heavy atom. The van der Waals surface area contributed by atoms with Crippen LogP contribution in [0.5, 0.6) is 5.75 Å². The summed E-state index contributed by atoms with van der Waals surface area (Å²) < 4.78 is 5.24. The first-order chi connectivity index (χ1) is 8.83. The summed E-state index contributed by atoms with van der Waals surface area (Å²) in [6, 6.07) is 10.6. The van der Waals surface area contributed by atoms with Crippen molar-refractivity contribution in [1.29, 1.82) is 0 Å². The molecule has 0 atom stereocenters. The average molecular weight is 238 g/mol. The van der Waals surface area contributed by atoms with Gasteiger partial charge >= 0.3 is 5.97 Å². The maximum Gasteiger partial charge on any atom is 0.343 e. The molecule has 3 rings (SSSR count). The van der Waals surface area contributed by atoms with Crippen molar-refractivity contribution in [3.63, 3.8) is 0 Å². The van der Waals surface area contributed by atoms with E-state index in [2.05, 4.69) is 9.97 Å². The van der Waals surface area contributed by atoms with E-state index in [1.807, 2.05) is 18.3 Å². The van der Waals surface area contributed by atoms with Gasteiger partial charge in [0.05, 0.1) is 5.56 Å². The Bertz CT molecular complexity index is 689. The molecule has 1 aromatic carbocycles. The summed E-state index contributed by atoms with van der Waals surface area (Å²) in [6.45, 7) is 0. The van der Waals surface area contributed by atoms with Gasteiger partial charge in [-0.25, -0.2) is 4.79 Å². The van der Waals surface area contributed by atoms with Gasteiger partial charge in [0.2, 0.25) is 0 Å². The molecule has 0 saturated carbocycles. The standard InChI is InChI=1S/C14H10N2O2/c17-14(18-12-4-6-15-7-5-12)11-1-2-13-10(9-11)3-8-16-13/h1-9,16H. The van der Waals surface area contributed by atoms with Crippen molar-refractivity contribution in [2.45, 2.75) is 0 Å². The van der Waals surface area contributed by atoms with Gasteiger partial charge in [-0.3, -0.25) is 4.98 Å². The molecule has 1 N–H and O–H groups in total. The lowest BCUT2D eigenvalue weighted by Gasteiger charge is -2.03. The van der Waals surface area contributed by atoms with Gasteiger partial charge in [0.25, 0.3) is 0 Å². The Kier molecular flexibility index (Phi) is 2.53. The highest BCUT2D eigenvalue weighted by molar-refractivity contribution is 5.95. The van der Waals surface area contributed by atoms with E-state index < -0.39 is 0 Å². The number of nitrogens with one attached hydrogen (secondary N) is 1. The van der Waals surface area contributed by atoms with E-state index in [1.54, 1.807) is 36.7 Å². The predicted octanol–water partition coefficient (Wildman–Crippen LogP) is 2.78. The van der Waals surface area contributed by atoms with Crippen LogP contribution in [0.1, 0.15) is 10.4 Å². The van der Waals surface area contributed by atoms with Crippen LogP contribution in [-0.4, -0.2) is 15.9 Å². The minimum absolute atomic E-state index is 0.371. The van der Waals surface area contributed by atoms with Crippen LogP contribution in [0.25, 0.3) is 10.9 Å². The molecule has 2 aromatic heterocycles. The average Bonchev–Trinajstić information content (AvgIpc) is 2.87. The Hall–Kier alpha value is -2.62. The quantitative estimate of drug-likeness (QED) is 0.698. The summed E-state index contributed by atoms with van der Waals surface area (Å²) in [4.78, 5) is 18.9. The molecule has 0 amide bonds. The van der Waals surface area contributed by atoms with Crippen LogP contribution in [0.4, 0.5) is 0 Å². The number of H-pyrrole nitrogens is 1. The van der Waals surface area contributed by atoms with Crippen LogP contribution in [0.15, 0.2) is 55.0 Å². The van der Waals surface area contributed by atoms with Gasteiger partial charge in [-0.15, -0.1) is 0 Å². The molecule has 0 aliphatic heterocycles. The number of pyridine rings is 1. The minimum Gasteiger partial charge on any atom is -0.423 e. The van der Waals surface area contributed by atoms with E-state index in [4.69, 9.17) is 4.74 Å². The van der Waals surface area contributed by atoms with Crippen molar-refractivity contribution in [1.82, 2.24) is 9.97 Å². The summed E-state index contributed by atoms with van der Waals surface area (Å²) in [5.41, 5.74) is 1.52.